The van der Waals surface area contributed by atoms with E-state index in [1.807, 2.05) is 0 Å². The van der Waals surface area contributed by atoms with Gasteiger partial charge in [-0.1, -0.05) is 0 Å². The van der Waals surface area contributed by atoms with Gasteiger partial charge in [-0.25, -0.2) is 5.43 Å². The molecule has 2 unspecified atom stereocenters. The second kappa shape index (κ2) is 2.30. The molecule has 2 N–H and O–H groups in total. The van der Waals surface area contributed by atoms with Crippen molar-refractivity contribution in [2.24, 2.45) is 0 Å². The van der Waals surface area contributed by atoms with Gasteiger partial charge in [0.05, 0.1) is 6.10 Å². The largest absolute Gasteiger partial charge is 0.368 e. The summed E-state index contributed by atoms with van der Waals surface area (Å²) in [5.41, 5.74) is 5.84. The predicted octanol–water partition coefficient (Wildman–Crippen LogP) is -1.18. The summed E-state index contributed by atoms with van der Waals surface area (Å²) < 4.78 is 5.22. The van der Waals surface area contributed by atoms with Crippen LogP contribution in [0.15, 0.2) is 0 Å². The first-order valence-electron chi connectivity index (χ1n) is 3.50. The molecule has 2 rings (SSSR count). The van der Waals surface area contributed by atoms with E-state index in [1.165, 1.54) is 0 Å². The standard InChI is InChI=1S/C6H10N2O2/c9-4-3-10-5-1-2-7-8-6(4)5/h5-8H,1-3H2. The summed E-state index contributed by atoms with van der Waals surface area (Å²) in [6.07, 6.45) is 1.05. The topological polar surface area (TPSA) is 50.4 Å². The lowest BCUT2D eigenvalue weighted by Gasteiger charge is -2.24. The zero-order valence-electron chi connectivity index (χ0n) is 5.59. The molecule has 0 spiro atoms. The van der Waals surface area contributed by atoms with Crippen molar-refractivity contribution in [3.63, 3.8) is 0 Å². The highest BCUT2D eigenvalue weighted by Crippen LogP contribution is 2.14. The van der Waals surface area contributed by atoms with Gasteiger partial charge in [-0.3, -0.25) is 10.2 Å². The minimum Gasteiger partial charge on any atom is -0.368 e. The lowest BCUT2D eigenvalue weighted by Crippen LogP contribution is -2.54. The molecule has 2 aliphatic heterocycles. The van der Waals surface area contributed by atoms with Crippen LogP contribution in [0.3, 0.4) is 0 Å². The van der Waals surface area contributed by atoms with Gasteiger partial charge in [0.2, 0.25) is 0 Å². The highest BCUT2D eigenvalue weighted by Gasteiger charge is 2.37. The van der Waals surface area contributed by atoms with Gasteiger partial charge >= 0.3 is 0 Å². The van der Waals surface area contributed by atoms with Crippen molar-refractivity contribution in [1.82, 2.24) is 10.9 Å². The van der Waals surface area contributed by atoms with Crippen molar-refractivity contribution in [1.29, 1.82) is 0 Å². The van der Waals surface area contributed by atoms with E-state index in [-0.39, 0.29) is 24.5 Å². The van der Waals surface area contributed by atoms with E-state index in [0.29, 0.717) is 0 Å². The van der Waals surface area contributed by atoms with Gasteiger partial charge in [-0.05, 0) is 6.42 Å². The van der Waals surface area contributed by atoms with E-state index in [4.69, 9.17) is 4.74 Å². The molecule has 4 nitrogen and oxygen atoms in total. The van der Waals surface area contributed by atoms with Crippen LogP contribution in [0, 0.1) is 0 Å². The molecule has 2 atom stereocenters. The van der Waals surface area contributed by atoms with Crippen LogP contribution in [0.2, 0.25) is 0 Å². The van der Waals surface area contributed by atoms with Gasteiger partial charge in [0.1, 0.15) is 12.6 Å². The summed E-state index contributed by atoms with van der Waals surface area (Å²) in [7, 11) is 0. The van der Waals surface area contributed by atoms with Gasteiger partial charge < -0.3 is 4.74 Å². The average molecular weight is 142 g/mol. The Bertz CT molecular complexity index is 160. The molecule has 0 amide bonds. The minimum atomic E-state index is -0.0891. The van der Waals surface area contributed by atoms with Crippen LogP contribution < -0.4 is 10.9 Å². The number of ether oxygens (including phenoxy) is 1. The Kier molecular flexibility index (Phi) is 1.44. The quantitative estimate of drug-likeness (QED) is 0.447. The summed E-state index contributed by atoms with van der Waals surface area (Å²) in [6.45, 7) is 1.17. The van der Waals surface area contributed by atoms with Crippen LogP contribution in [-0.2, 0) is 9.53 Å². The molecular formula is C6H10N2O2. The molecule has 0 saturated carbocycles. The molecule has 56 valence electrons. The second-order valence-electron chi connectivity index (χ2n) is 2.65. The van der Waals surface area contributed by atoms with Crippen LogP contribution in [0.25, 0.3) is 0 Å². The van der Waals surface area contributed by atoms with E-state index >= 15 is 0 Å². The Morgan fingerprint density at radius 2 is 2.50 bits per heavy atom. The van der Waals surface area contributed by atoms with Crippen LogP contribution in [0.4, 0.5) is 0 Å². The van der Waals surface area contributed by atoms with Crippen LogP contribution in [0.5, 0.6) is 0 Å². The third kappa shape index (κ3) is 0.847. The van der Waals surface area contributed by atoms with Gasteiger partial charge in [0, 0.05) is 6.54 Å². The molecule has 0 aliphatic carbocycles. The number of rotatable bonds is 0. The maximum atomic E-state index is 11.0. The molecule has 2 fully saturated rings. The van der Waals surface area contributed by atoms with Crippen LogP contribution >= 0.6 is 0 Å². The molecule has 4 heteroatoms. The maximum absolute atomic E-state index is 11.0. The van der Waals surface area contributed by atoms with E-state index in [1.54, 1.807) is 0 Å². The molecule has 2 aliphatic rings. The van der Waals surface area contributed by atoms with Gasteiger partial charge in [-0.2, -0.15) is 0 Å². The lowest BCUT2D eigenvalue weighted by molar-refractivity contribution is -0.119. The van der Waals surface area contributed by atoms with Crippen molar-refractivity contribution in [3.05, 3.63) is 0 Å². The first kappa shape index (κ1) is 6.27. The molecule has 2 heterocycles. The SMILES string of the molecule is O=C1COC2CCNNC12. The number of carbonyl (C=O) groups excluding carboxylic acids is 1. The molecular weight excluding hydrogens is 132 g/mol. The highest BCUT2D eigenvalue weighted by molar-refractivity contribution is 5.87. The van der Waals surface area contributed by atoms with Crippen molar-refractivity contribution >= 4 is 5.78 Å². The monoisotopic (exact) mass is 142 g/mol. The summed E-state index contributed by atoms with van der Waals surface area (Å²) in [4.78, 5) is 11.0. The average Bonchev–Trinajstić information content (AvgIpc) is 2.34. The van der Waals surface area contributed by atoms with Gasteiger partial charge in [-0.15, -0.1) is 0 Å². The predicted molar refractivity (Wildman–Crippen MR) is 34.3 cm³/mol. The fourth-order valence-electron chi connectivity index (χ4n) is 1.40. The maximum Gasteiger partial charge on any atom is 0.179 e. The fourth-order valence-corrected chi connectivity index (χ4v) is 1.40. The Morgan fingerprint density at radius 3 is 3.30 bits per heavy atom. The Balaban J connectivity index is 2.08. The minimum absolute atomic E-state index is 0.0891. The summed E-state index contributed by atoms with van der Waals surface area (Å²) >= 11 is 0. The normalized spacial score (nSPS) is 39.8. The van der Waals surface area contributed by atoms with E-state index in [2.05, 4.69) is 10.9 Å². The lowest BCUT2D eigenvalue weighted by atomic mass is 10.1. The third-order valence-electron chi connectivity index (χ3n) is 1.97. The summed E-state index contributed by atoms with van der Waals surface area (Å²) in [5, 5.41) is 0. The third-order valence-corrected chi connectivity index (χ3v) is 1.97. The Hall–Kier alpha value is -0.450. The Morgan fingerprint density at radius 1 is 1.60 bits per heavy atom. The van der Waals surface area contributed by atoms with Crippen LogP contribution in [0.1, 0.15) is 6.42 Å². The number of hydrogen-bond acceptors (Lipinski definition) is 4. The molecule has 10 heavy (non-hydrogen) atoms. The number of hydrogen-bond donors (Lipinski definition) is 2. The molecule has 0 radical (unpaired) electrons. The van der Waals surface area contributed by atoms with Crippen LogP contribution in [-0.4, -0.2) is 31.1 Å². The van der Waals surface area contributed by atoms with Crippen molar-refractivity contribution in [2.45, 2.75) is 18.6 Å². The van der Waals surface area contributed by atoms with E-state index in [0.717, 1.165) is 13.0 Å². The summed E-state index contributed by atoms with van der Waals surface area (Å²) in [6, 6.07) is -0.0891. The zero-order chi connectivity index (χ0) is 6.97. The summed E-state index contributed by atoms with van der Waals surface area (Å²) in [5.74, 6) is 0.164. The first-order valence-corrected chi connectivity index (χ1v) is 3.50. The zero-order valence-corrected chi connectivity index (χ0v) is 5.59. The second-order valence-corrected chi connectivity index (χ2v) is 2.65. The number of nitrogens with one attached hydrogen (secondary N) is 2. The van der Waals surface area contributed by atoms with E-state index < -0.39 is 0 Å². The number of carbonyl (C=O) groups is 1. The number of Topliss-reactive ketones (excluding diaryl/α,β-unsaturated/α-hetero) is 1. The highest BCUT2D eigenvalue weighted by atomic mass is 16.5. The smallest absolute Gasteiger partial charge is 0.179 e. The molecule has 0 aromatic carbocycles. The van der Waals surface area contributed by atoms with Crippen molar-refractivity contribution < 1.29 is 9.53 Å². The number of hydrazine groups is 1. The van der Waals surface area contributed by atoms with Crippen molar-refractivity contribution in [2.75, 3.05) is 13.2 Å². The molecule has 0 bridgehead atoms. The molecule has 2 saturated heterocycles. The number of ketones is 1. The molecule has 0 aromatic rings. The van der Waals surface area contributed by atoms with Gasteiger partial charge in [0.15, 0.2) is 5.78 Å². The first-order chi connectivity index (χ1) is 4.88. The number of fused-ring (bicyclic) bond motifs is 1. The van der Waals surface area contributed by atoms with Crippen molar-refractivity contribution in [3.8, 4) is 0 Å². The fraction of sp³-hybridized carbons (Fsp3) is 0.833. The molecule has 0 aromatic heterocycles. The van der Waals surface area contributed by atoms with E-state index in [9.17, 15) is 4.79 Å². The Labute approximate surface area is 58.9 Å². The van der Waals surface area contributed by atoms with Gasteiger partial charge in [0.25, 0.3) is 0 Å².